The summed E-state index contributed by atoms with van der Waals surface area (Å²) in [6, 6.07) is 7.75. The molecule has 2 amide bonds. The molecule has 2 aliphatic heterocycles. The Morgan fingerprint density at radius 1 is 1.16 bits per heavy atom. The number of carbonyl (C=O) groups is 2. The second-order valence-corrected chi connectivity index (χ2v) is 9.27. The van der Waals surface area contributed by atoms with Gasteiger partial charge < -0.3 is 10.6 Å². The molecule has 166 valence electrons. The zero-order valence-corrected chi connectivity index (χ0v) is 19.1. The fraction of sp³-hybridized carbons (Fsp3) is 0.522. The molecule has 8 heteroatoms. The number of amides is 2. The van der Waals surface area contributed by atoms with Gasteiger partial charge in [0.15, 0.2) is 0 Å². The lowest BCUT2D eigenvalue weighted by Crippen LogP contribution is -2.36. The Kier molecular flexibility index (Phi) is 6.08. The van der Waals surface area contributed by atoms with E-state index in [2.05, 4.69) is 10.00 Å². The van der Waals surface area contributed by atoms with Gasteiger partial charge in [-0.1, -0.05) is 23.7 Å². The van der Waals surface area contributed by atoms with Crippen LogP contribution in [0, 0.1) is 25.7 Å². The third-order valence-electron chi connectivity index (χ3n) is 6.64. The number of likely N-dealkylation sites (tertiary alicyclic amines) is 2. The number of nitrogens with zero attached hydrogens (tertiary/aromatic N) is 4. The number of fused-ring (bicyclic) bond motifs is 1. The van der Waals surface area contributed by atoms with Gasteiger partial charge in [0, 0.05) is 50.2 Å². The summed E-state index contributed by atoms with van der Waals surface area (Å²) < 4.78 is 1.78. The third kappa shape index (κ3) is 4.34. The van der Waals surface area contributed by atoms with Gasteiger partial charge in [-0.05, 0) is 55.9 Å². The van der Waals surface area contributed by atoms with Crippen LogP contribution in [0.2, 0.25) is 5.02 Å². The van der Waals surface area contributed by atoms with Crippen LogP contribution in [0.5, 0.6) is 0 Å². The quantitative estimate of drug-likeness (QED) is 0.743. The molecule has 2 fully saturated rings. The zero-order chi connectivity index (χ0) is 22.3. The summed E-state index contributed by atoms with van der Waals surface area (Å²) in [6.07, 6.45) is 0.260. The fourth-order valence-corrected chi connectivity index (χ4v) is 5.22. The van der Waals surface area contributed by atoms with E-state index < -0.39 is 0 Å². The molecule has 7 nitrogen and oxygen atoms in total. The SMILES string of the molecule is CCn1nc(C)cc1C(=O)N1CC2CN(C(CC(N)=O)c3ccc(C)c(Cl)c3)CC2C1. The number of halogens is 1. The average Bonchev–Trinajstić information content (AvgIpc) is 3.40. The molecule has 0 radical (unpaired) electrons. The highest BCUT2D eigenvalue weighted by Gasteiger charge is 2.44. The van der Waals surface area contributed by atoms with E-state index in [1.54, 1.807) is 4.68 Å². The minimum absolute atomic E-state index is 0.0578. The largest absolute Gasteiger partial charge is 0.370 e. The molecule has 1 aromatic carbocycles. The number of nitrogens with two attached hydrogens (primary N) is 1. The number of hydrogen-bond acceptors (Lipinski definition) is 4. The Bertz CT molecular complexity index is 990. The highest BCUT2D eigenvalue weighted by Crippen LogP contribution is 2.38. The first-order chi connectivity index (χ1) is 14.8. The summed E-state index contributed by atoms with van der Waals surface area (Å²) in [7, 11) is 0. The Balaban J connectivity index is 1.47. The van der Waals surface area contributed by atoms with E-state index in [-0.39, 0.29) is 24.3 Å². The van der Waals surface area contributed by atoms with Crippen LogP contribution in [-0.2, 0) is 11.3 Å². The number of benzene rings is 1. The van der Waals surface area contributed by atoms with Crippen molar-refractivity contribution in [3.63, 3.8) is 0 Å². The van der Waals surface area contributed by atoms with E-state index in [0.717, 1.165) is 43.0 Å². The maximum absolute atomic E-state index is 13.1. The van der Waals surface area contributed by atoms with E-state index in [1.807, 2.05) is 49.9 Å². The molecule has 1 aromatic heterocycles. The second kappa shape index (κ2) is 8.63. The second-order valence-electron chi connectivity index (χ2n) is 8.87. The lowest BCUT2D eigenvalue weighted by molar-refractivity contribution is -0.119. The van der Waals surface area contributed by atoms with Crippen LogP contribution in [0.3, 0.4) is 0 Å². The van der Waals surface area contributed by atoms with Crippen molar-refractivity contribution in [1.82, 2.24) is 19.6 Å². The molecule has 3 unspecified atom stereocenters. The number of aromatic nitrogens is 2. The van der Waals surface area contributed by atoms with Crippen molar-refractivity contribution in [2.45, 2.75) is 39.8 Å². The predicted octanol–water partition coefficient (Wildman–Crippen LogP) is 2.79. The van der Waals surface area contributed by atoms with Gasteiger partial charge in [0.25, 0.3) is 5.91 Å². The summed E-state index contributed by atoms with van der Waals surface area (Å²) in [6.45, 7) is 9.68. The Hall–Kier alpha value is -2.38. The molecular formula is C23H30ClN5O2. The normalized spacial score (nSPS) is 22.0. The van der Waals surface area contributed by atoms with E-state index in [0.29, 0.717) is 29.1 Å². The topological polar surface area (TPSA) is 84.5 Å². The van der Waals surface area contributed by atoms with Gasteiger partial charge in [-0.25, -0.2) is 0 Å². The van der Waals surface area contributed by atoms with Crippen molar-refractivity contribution in [3.05, 3.63) is 51.8 Å². The molecule has 0 saturated carbocycles. The monoisotopic (exact) mass is 443 g/mol. The van der Waals surface area contributed by atoms with E-state index in [4.69, 9.17) is 17.3 Å². The number of aryl methyl sites for hydroxylation is 3. The van der Waals surface area contributed by atoms with Crippen molar-refractivity contribution >= 4 is 23.4 Å². The summed E-state index contributed by atoms with van der Waals surface area (Å²) in [5, 5.41) is 5.11. The first-order valence-electron chi connectivity index (χ1n) is 10.9. The Morgan fingerprint density at radius 2 is 1.84 bits per heavy atom. The van der Waals surface area contributed by atoms with Crippen molar-refractivity contribution in [3.8, 4) is 0 Å². The molecule has 0 bridgehead atoms. The van der Waals surface area contributed by atoms with Crippen LogP contribution < -0.4 is 5.73 Å². The first-order valence-corrected chi connectivity index (χ1v) is 11.3. The van der Waals surface area contributed by atoms with Gasteiger partial charge >= 0.3 is 0 Å². The van der Waals surface area contributed by atoms with Gasteiger partial charge in [0.2, 0.25) is 5.91 Å². The standard InChI is InChI=1S/C23H30ClN5O2/c1-4-29-21(7-15(3)26-29)23(31)28-12-17-10-27(11-18(17)13-28)20(9-22(25)30)16-6-5-14(2)19(24)8-16/h5-8,17-18,20H,4,9-13H2,1-3H3,(H2,25,30). The maximum Gasteiger partial charge on any atom is 0.272 e. The van der Waals surface area contributed by atoms with Crippen LogP contribution in [-0.4, -0.2) is 57.6 Å². The summed E-state index contributed by atoms with van der Waals surface area (Å²) in [5.74, 6) is 0.514. The first kappa shape index (κ1) is 21.8. The molecule has 31 heavy (non-hydrogen) atoms. The van der Waals surface area contributed by atoms with Crippen LogP contribution >= 0.6 is 11.6 Å². The van der Waals surface area contributed by atoms with Gasteiger partial charge in [0.05, 0.1) is 5.69 Å². The van der Waals surface area contributed by atoms with Crippen molar-refractivity contribution < 1.29 is 9.59 Å². The highest BCUT2D eigenvalue weighted by atomic mass is 35.5. The van der Waals surface area contributed by atoms with Crippen LogP contribution in [0.25, 0.3) is 0 Å². The fourth-order valence-electron chi connectivity index (χ4n) is 5.04. The van der Waals surface area contributed by atoms with Crippen LogP contribution in [0.1, 0.15) is 46.7 Å². The number of hydrogen-bond donors (Lipinski definition) is 1. The van der Waals surface area contributed by atoms with Crippen molar-refractivity contribution in [1.29, 1.82) is 0 Å². The molecule has 0 aliphatic carbocycles. The highest BCUT2D eigenvalue weighted by molar-refractivity contribution is 6.31. The molecule has 3 atom stereocenters. The molecule has 2 saturated heterocycles. The number of carbonyl (C=O) groups excluding carboxylic acids is 2. The lowest BCUT2D eigenvalue weighted by atomic mass is 10.0. The van der Waals surface area contributed by atoms with Gasteiger partial charge in [0.1, 0.15) is 5.69 Å². The smallest absolute Gasteiger partial charge is 0.272 e. The molecular weight excluding hydrogens is 414 g/mol. The number of primary amides is 1. The van der Waals surface area contributed by atoms with Crippen molar-refractivity contribution in [2.24, 2.45) is 17.6 Å². The number of rotatable bonds is 6. The third-order valence-corrected chi connectivity index (χ3v) is 7.05. The molecule has 2 N–H and O–H groups in total. The molecule has 2 aromatic rings. The van der Waals surface area contributed by atoms with Gasteiger partial charge in [-0.15, -0.1) is 0 Å². The predicted molar refractivity (Wildman–Crippen MR) is 120 cm³/mol. The van der Waals surface area contributed by atoms with E-state index in [9.17, 15) is 9.59 Å². The van der Waals surface area contributed by atoms with Crippen LogP contribution in [0.4, 0.5) is 0 Å². The maximum atomic E-state index is 13.1. The zero-order valence-electron chi connectivity index (χ0n) is 18.3. The van der Waals surface area contributed by atoms with E-state index >= 15 is 0 Å². The summed E-state index contributed by atoms with van der Waals surface area (Å²) >= 11 is 6.35. The molecule has 4 rings (SSSR count). The average molecular weight is 444 g/mol. The lowest BCUT2D eigenvalue weighted by Gasteiger charge is -2.29. The minimum atomic E-state index is -0.321. The van der Waals surface area contributed by atoms with Gasteiger partial charge in [-0.2, -0.15) is 5.10 Å². The Morgan fingerprint density at radius 3 is 2.42 bits per heavy atom. The van der Waals surface area contributed by atoms with Gasteiger partial charge in [-0.3, -0.25) is 19.2 Å². The molecule has 0 spiro atoms. The van der Waals surface area contributed by atoms with Crippen molar-refractivity contribution in [2.75, 3.05) is 26.2 Å². The summed E-state index contributed by atoms with van der Waals surface area (Å²) in [5.41, 5.74) is 9.13. The van der Waals surface area contributed by atoms with Crippen LogP contribution in [0.15, 0.2) is 24.3 Å². The Labute approximate surface area is 188 Å². The molecule has 3 heterocycles. The minimum Gasteiger partial charge on any atom is -0.370 e. The summed E-state index contributed by atoms with van der Waals surface area (Å²) in [4.78, 5) is 29.2. The van der Waals surface area contributed by atoms with E-state index in [1.165, 1.54) is 0 Å². The molecule has 2 aliphatic rings.